The molecular formula is C16H15Cl9O11. The third-order valence-electron chi connectivity index (χ3n) is 4.35. The van der Waals surface area contributed by atoms with Crippen molar-refractivity contribution in [2.45, 2.75) is 41.9 Å². The van der Waals surface area contributed by atoms with Crippen LogP contribution in [0.3, 0.4) is 0 Å². The van der Waals surface area contributed by atoms with Crippen molar-refractivity contribution < 1.29 is 52.6 Å². The van der Waals surface area contributed by atoms with Gasteiger partial charge in [-0.2, -0.15) is 0 Å². The lowest BCUT2D eigenvalue weighted by atomic mass is 9.82. The van der Waals surface area contributed by atoms with Crippen LogP contribution in [0.15, 0.2) is 0 Å². The van der Waals surface area contributed by atoms with Crippen LogP contribution in [0.2, 0.25) is 0 Å². The largest absolute Gasteiger partial charge is 0.508 e. The fourth-order valence-corrected chi connectivity index (χ4v) is 3.53. The van der Waals surface area contributed by atoms with Crippen molar-refractivity contribution in [1.82, 2.24) is 0 Å². The number of aliphatic hydroxyl groups is 1. The summed E-state index contributed by atoms with van der Waals surface area (Å²) in [6, 6.07) is 0. The molecule has 11 nitrogen and oxygen atoms in total. The fraction of sp³-hybridized carbons (Fsp3) is 0.812. The molecule has 2 aliphatic rings. The van der Waals surface area contributed by atoms with E-state index in [4.69, 9.17) is 138 Å². The van der Waals surface area contributed by atoms with Crippen molar-refractivity contribution in [3.05, 3.63) is 0 Å². The summed E-state index contributed by atoms with van der Waals surface area (Å²) in [5.41, 5.74) is 0. The van der Waals surface area contributed by atoms with Gasteiger partial charge in [0.1, 0.15) is 25.9 Å². The molecule has 2 fully saturated rings. The molecule has 1 heterocycles. The first-order valence-corrected chi connectivity index (χ1v) is 12.8. The molecule has 1 aliphatic carbocycles. The van der Waals surface area contributed by atoms with Crippen LogP contribution in [0, 0.1) is 5.92 Å². The monoisotopic (exact) mass is 698 g/mol. The second-order valence-electron chi connectivity index (χ2n) is 7.12. The van der Waals surface area contributed by atoms with E-state index in [0.29, 0.717) is 0 Å². The average Bonchev–Trinajstić information content (AvgIpc) is 3.50. The summed E-state index contributed by atoms with van der Waals surface area (Å²) < 4.78 is 29.2. The van der Waals surface area contributed by atoms with E-state index in [1.165, 1.54) is 0 Å². The predicted octanol–water partition coefficient (Wildman–Crippen LogP) is 5.05. The van der Waals surface area contributed by atoms with E-state index in [1.807, 2.05) is 0 Å². The molecule has 0 unspecified atom stereocenters. The Morgan fingerprint density at radius 1 is 0.611 bits per heavy atom. The summed E-state index contributed by atoms with van der Waals surface area (Å²) in [6.07, 6.45) is -10.6. The number of aliphatic hydroxyl groups excluding tert-OH is 1. The van der Waals surface area contributed by atoms with Crippen LogP contribution < -0.4 is 0 Å². The number of carbonyl (C=O) groups excluding carboxylic acids is 3. The molecule has 6 atom stereocenters. The number of rotatable bonds is 7. The van der Waals surface area contributed by atoms with Gasteiger partial charge in [0.15, 0.2) is 18.3 Å². The van der Waals surface area contributed by atoms with Crippen LogP contribution in [0.5, 0.6) is 0 Å². The Kier molecular flexibility index (Phi) is 11.9. The maximum Gasteiger partial charge on any atom is 0.508 e. The highest BCUT2D eigenvalue weighted by Gasteiger charge is 2.65. The Labute approximate surface area is 248 Å². The maximum atomic E-state index is 12.3. The molecule has 36 heavy (non-hydrogen) atoms. The number of alkyl halides is 9. The highest BCUT2D eigenvalue weighted by Crippen LogP contribution is 2.45. The Morgan fingerprint density at radius 2 is 0.972 bits per heavy atom. The Balaban J connectivity index is 2.23. The summed E-state index contributed by atoms with van der Waals surface area (Å²) in [5, 5.41) is 9.86. The summed E-state index contributed by atoms with van der Waals surface area (Å²) in [4.78, 5) is 36.7. The van der Waals surface area contributed by atoms with Crippen molar-refractivity contribution in [2.75, 3.05) is 26.4 Å². The Bertz CT molecular complexity index is 798. The Hall–Kier alpha value is 0.340. The van der Waals surface area contributed by atoms with E-state index in [-0.39, 0.29) is 0 Å². The topological polar surface area (TPSA) is 139 Å². The first-order chi connectivity index (χ1) is 16.4. The van der Waals surface area contributed by atoms with Crippen LogP contribution in [0.25, 0.3) is 0 Å². The van der Waals surface area contributed by atoms with E-state index in [9.17, 15) is 19.5 Å². The van der Waals surface area contributed by atoms with Gasteiger partial charge in [-0.25, -0.2) is 14.4 Å². The molecule has 0 spiro atoms. The van der Waals surface area contributed by atoms with E-state index >= 15 is 0 Å². The van der Waals surface area contributed by atoms with Gasteiger partial charge in [-0.05, 0) is 0 Å². The third-order valence-corrected chi connectivity index (χ3v) is 5.33. The van der Waals surface area contributed by atoms with Crippen LogP contribution in [-0.4, -0.2) is 91.9 Å². The quantitative estimate of drug-likeness (QED) is 0.165. The molecule has 0 aromatic rings. The lowest BCUT2D eigenvalue weighted by molar-refractivity contribution is -0.139. The van der Waals surface area contributed by atoms with E-state index in [0.717, 1.165) is 0 Å². The van der Waals surface area contributed by atoms with Crippen LogP contribution in [-0.2, 0) is 33.2 Å². The molecule has 2 rings (SSSR count). The molecule has 0 radical (unpaired) electrons. The van der Waals surface area contributed by atoms with Gasteiger partial charge in [-0.15, -0.1) is 0 Å². The van der Waals surface area contributed by atoms with Gasteiger partial charge in [0.2, 0.25) is 11.4 Å². The molecule has 1 saturated heterocycles. The van der Waals surface area contributed by atoms with Crippen LogP contribution in [0.1, 0.15) is 0 Å². The SMILES string of the molecule is O=C(OCC(Cl)(Cl)Cl)O[C@@H]1[C@H](OC(=O)OCC(Cl)(Cl)Cl)[C@@H](OC(=O)OCC(Cl)(Cl)Cl)[C@@H](CO)[C@@H]2O[C@@H]12. The zero-order valence-corrected chi connectivity index (χ0v) is 24.0. The van der Waals surface area contributed by atoms with Gasteiger partial charge >= 0.3 is 18.5 Å². The predicted molar refractivity (Wildman–Crippen MR) is 129 cm³/mol. The third kappa shape index (κ3) is 11.2. The highest BCUT2D eigenvalue weighted by atomic mass is 35.6. The maximum absolute atomic E-state index is 12.3. The molecule has 1 N–H and O–H groups in total. The van der Waals surface area contributed by atoms with Crippen LogP contribution in [0.4, 0.5) is 14.4 Å². The molecule has 0 aromatic carbocycles. The van der Waals surface area contributed by atoms with Crippen molar-refractivity contribution in [1.29, 1.82) is 0 Å². The Morgan fingerprint density at radius 3 is 1.33 bits per heavy atom. The summed E-state index contributed by atoms with van der Waals surface area (Å²) in [7, 11) is 0. The van der Waals surface area contributed by atoms with E-state index in [2.05, 4.69) is 0 Å². The van der Waals surface area contributed by atoms with Gasteiger partial charge in [0.25, 0.3) is 0 Å². The van der Waals surface area contributed by atoms with Crippen molar-refractivity contribution in [3.8, 4) is 0 Å². The number of halogens is 9. The standard InChI is InChI=1S/C16H15Cl9O11/c17-14(18,19)2-30-11(27)34-7-5(1-26)6-8(33-6)10(36-13(29)32-4-16(23,24)25)9(7)35-12(28)31-3-15(20,21)22/h5-10,26H,1-4H2/t5-,6-,7-,8+,9+,10-/m0/s1. The molecule has 20 heteroatoms. The average molecular weight is 702 g/mol. The fourth-order valence-electron chi connectivity index (χ4n) is 3.04. The zero-order valence-electron chi connectivity index (χ0n) is 17.2. The number of hydrogen-bond donors (Lipinski definition) is 1. The summed E-state index contributed by atoms with van der Waals surface area (Å²) >= 11 is 49.8. The smallest absolute Gasteiger partial charge is 0.430 e. The minimum atomic E-state index is -1.99. The van der Waals surface area contributed by atoms with Gasteiger partial charge in [0, 0.05) is 0 Å². The minimum absolute atomic E-state index is 0.628. The van der Waals surface area contributed by atoms with Gasteiger partial charge < -0.3 is 38.3 Å². The molecule has 0 bridgehead atoms. The number of hydrogen-bond acceptors (Lipinski definition) is 11. The molecule has 0 amide bonds. The molecule has 1 saturated carbocycles. The van der Waals surface area contributed by atoms with Crippen molar-refractivity contribution in [2.24, 2.45) is 5.92 Å². The number of carbonyl (C=O) groups is 3. The minimum Gasteiger partial charge on any atom is -0.430 e. The lowest BCUT2D eigenvalue weighted by Crippen LogP contribution is -2.57. The number of ether oxygens (including phenoxy) is 7. The van der Waals surface area contributed by atoms with Gasteiger partial charge in [0.05, 0.1) is 18.6 Å². The normalized spacial score (nSPS) is 27.8. The molecule has 0 aromatic heterocycles. The highest BCUT2D eigenvalue weighted by molar-refractivity contribution is 6.68. The first kappa shape index (κ1) is 32.6. The summed E-state index contributed by atoms with van der Waals surface area (Å²) in [5.74, 6) is -0.988. The van der Waals surface area contributed by atoms with Gasteiger partial charge in [-0.1, -0.05) is 104 Å². The van der Waals surface area contributed by atoms with E-state index in [1.54, 1.807) is 0 Å². The lowest BCUT2D eigenvalue weighted by Gasteiger charge is -2.37. The number of epoxide rings is 1. The second-order valence-corrected chi connectivity index (χ2v) is 14.7. The molecule has 208 valence electrons. The second kappa shape index (κ2) is 13.1. The van der Waals surface area contributed by atoms with Crippen molar-refractivity contribution >= 4 is 123 Å². The zero-order chi connectivity index (χ0) is 27.5. The molecule has 1 aliphatic heterocycles. The van der Waals surface area contributed by atoms with Crippen molar-refractivity contribution in [3.63, 3.8) is 0 Å². The van der Waals surface area contributed by atoms with Crippen LogP contribution >= 0.6 is 104 Å². The first-order valence-electron chi connectivity index (χ1n) is 9.37. The summed E-state index contributed by atoms with van der Waals surface area (Å²) in [6.45, 7) is -2.77. The van der Waals surface area contributed by atoms with Gasteiger partial charge in [-0.3, -0.25) is 0 Å². The number of fused-ring (bicyclic) bond motifs is 1. The molecular weight excluding hydrogens is 687 g/mol. The van der Waals surface area contributed by atoms with E-state index < -0.39 is 92.7 Å².